The molecule has 0 atom stereocenters. The predicted octanol–water partition coefficient (Wildman–Crippen LogP) is 4.39. The lowest BCUT2D eigenvalue weighted by Crippen LogP contribution is -2.31. The Morgan fingerprint density at radius 1 is 1.05 bits per heavy atom. The van der Waals surface area contributed by atoms with E-state index in [-0.39, 0.29) is 5.91 Å². The minimum atomic E-state index is 0.243. The summed E-state index contributed by atoms with van der Waals surface area (Å²) >= 11 is 0. The van der Waals surface area contributed by atoms with Crippen molar-refractivity contribution in [3.63, 3.8) is 0 Å². The number of nitrogens with zero attached hydrogens (tertiary/aromatic N) is 1. The van der Waals surface area contributed by atoms with Crippen LogP contribution in [0.1, 0.15) is 43.4 Å². The second-order valence-electron chi connectivity index (χ2n) is 6.17. The molecule has 0 N–H and O–H groups in total. The summed E-state index contributed by atoms with van der Waals surface area (Å²) < 4.78 is 5.43. The minimum absolute atomic E-state index is 0.243. The molecule has 3 nitrogen and oxygen atoms in total. The minimum Gasteiger partial charge on any atom is -0.467 e. The summed E-state index contributed by atoms with van der Waals surface area (Å²) in [6.07, 6.45) is 7.28. The van der Waals surface area contributed by atoms with Gasteiger partial charge in [0.1, 0.15) is 5.76 Å². The maximum absolute atomic E-state index is 12.7. The Bertz CT molecular complexity index is 571. The van der Waals surface area contributed by atoms with E-state index in [1.807, 2.05) is 35.2 Å². The molecule has 3 rings (SSSR count). The van der Waals surface area contributed by atoms with Crippen molar-refractivity contribution >= 4 is 5.91 Å². The van der Waals surface area contributed by atoms with E-state index in [2.05, 4.69) is 12.1 Å². The van der Waals surface area contributed by atoms with Crippen molar-refractivity contribution in [2.45, 2.75) is 45.2 Å². The molecule has 0 unspecified atom stereocenters. The van der Waals surface area contributed by atoms with Gasteiger partial charge in [-0.3, -0.25) is 4.79 Å². The van der Waals surface area contributed by atoms with Gasteiger partial charge in [0.05, 0.1) is 12.8 Å². The number of amides is 1. The van der Waals surface area contributed by atoms with Crippen LogP contribution < -0.4 is 0 Å². The van der Waals surface area contributed by atoms with E-state index in [9.17, 15) is 4.79 Å². The Labute approximate surface area is 131 Å². The molecule has 22 heavy (non-hydrogen) atoms. The molecule has 1 aromatic heterocycles. The van der Waals surface area contributed by atoms with Gasteiger partial charge in [-0.25, -0.2) is 0 Å². The molecule has 0 spiro atoms. The van der Waals surface area contributed by atoms with Gasteiger partial charge in [-0.1, -0.05) is 43.2 Å². The molecule has 1 aliphatic carbocycles. The number of carbonyl (C=O) groups is 1. The van der Waals surface area contributed by atoms with Crippen LogP contribution in [0.5, 0.6) is 0 Å². The Balaban J connectivity index is 1.68. The van der Waals surface area contributed by atoms with Crippen LogP contribution >= 0.6 is 0 Å². The second kappa shape index (κ2) is 7.30. The highest BCUT2D eigenvalue weighted by atomic mass is 16.3. The van der Waals surface area contributed by atoms with Gasteiger partial charge < -0.3 is 9.32 Å². The van der Waals surface area contributed by atoms with E-state index in [4.69, 9.17) is 4.42 Å². The summed E-state index contributed by atoms with van der Waals surface area (Å²) in [4.78, 5) is 14.6. The topological polar surface area (TPSA) is 33.5 Å². The molecule has 0 aliphatic heterocycles. The van der Waals surface area contributed by atoms with E-state index < -0.39 is 0 Å². The van der Waals surface area contributed by atoms with Crippen LogP contribution in [-0.2, 0) is 17.9 Å². The second-order valence-corrected chi connectivity index (χ2v) is 6.17. The van der Waals surface area contributed by atoms with Crippen molar-refractivity contribution in [1.82, 2.24) is 4.90 Å². The van der Waals surface area contributed by atoms with Gasteiger partial charge >= 0.3 is 0 Å². The molecule has 116 valence electrons. The van der Waals surface area contributed by atoms with Crippen LogP contribution in [0, 0.1) is 5.92 Å². The first-order valence-corrected chi connectivity index (χ1v) is 8.15. The highest BCUT2D eigenvalue weighted by Gasteiger charge is 2.22. The van der Waals surface area contributed by atoms with Gasteiger partial charge in [-0.05, 0) is 36.5 Å². The summed E-state index contributed by atoms with van der Waals surface area (Å²) in [7, 11) is 0. The molecular weight excluding hydrogens is 274 g/mol. The number of benzene rings is 1. The summed E-state index contributed by atoms with van der Waals surface area (Å²) in [6, 6.07) is 14.0. The van der Waals surface area contributed by atoms with Crippen LogP contribution in [-0.4, -0.2) is 10.8 Å². The monoisotopic (exact) mass is 297 g/mol. The number of hydrogen-bond donors (Lipinski definition) is 0. The van der Waals surface area contributed by atoms with Gasteiger partial charge in [0.2, 0.25) is 5.91 Å². The molecule has 3 heteroatoms. The molecule has 1 aromatic carbocycles. The van der Waals surface area contributed by atoms with Gasteiger partial charge in [0, 0.05) is 13.0 Å². The molecule has 1 saturated carbocycles. The highest BCUT2D eigenvalue weighted by molar-refractivity contribution is 5.76. The Morgan fingerprint density at radius 2 is 1.82 bits per heavy atom. The molecule has 0 saturated heterocycles. The lowest BCUT2D eigenvalue weighted by Gasteiger charge is -2.23. The summed E-state index contributed by atoms with van der Waals surface area (Å²) in [5.41, 5.74) is 1.16. The molecule has 1 amide bonds. The zero-order valence-electron chi connectivity index (χ0n) is 12.9. The SMILES string of the molecule is O=C(CC1CCCC1)N(Cc1ccccc1)Cc1ccco1. The van der Waals surface area contributed by atoms with Crippen LogP contribution in [0.25, 0.3) is 0 Å². The molecule has 2 aromatic rings. The number of carbonyl (C=O) groups excluding carboxylic acids is 1. The third-order valence-corrected chi connectivity index (χ3v) is 4.43. The first kappa shape index (κ1) is 14.9. The van der Waals surface area contributed by atoms with Crippen molar-refractivity contribution < 1.29 is 9.21 Å². The Morgan fingerprint density at radius 3 is 2.50 bits per heavy atom. The smallest absolute Gasteiger partial charge is 0.223 e. The largest absolute Gasteiger partial charge is 0.467 e. The number of rotatable bonds is 6. The van der Waals surface area contributed by atoms with E-state index >= 15 is 0 Å². The van der Waals surface area contributed by atoms with Crippen molar-refractivity contribution in [2.75, 3.05) is 0 Å². The van der Waals surface area contributed by atoms with Crippen LogP contribution in [0.2, 0.25) is 0 Å². The van der Waals surface area contributed by atoms with Gasteiger partial charge in [-0.15, -0.1) is 0 Å². The fourth-order valence-corrected chi connectivity index (χ4v) is 3.22. The van der Waals surface area contributed by atoms with Crippen molar-refractivity contribution in [1.29, 1.82) is 0 Å². The quantitative estimate of drug-likeness (QED) is 0.792. The average Bonchev–Trinajstić information content (AvgIpc) is 3.21. The highest BCUT2D eigenvalue weighted by Crippen LogP contribution is 2.28. The Kier molecular flexibility index (Phi) is 4.94. The third kappa shape index (κ3) is 4.00. The van der Waals surface area contributed by atoms with E-state index in [1.165, 1.54) is 25.7 Å². The van der Waals surface area contributed by atoms with E-state index in [0.29, 0.717) is 25.4 Å². The third-order valence-electron chi connectivity index (χ3n) is 4.43. The molecule has 1 fully saturated rings. The fraction of sp³-hybridized carbons (Fsp3) is 0.421. The Hall–Kier alpha value is -2.03. The van der Waals surface area contributed by atoms with Gasteiger partial charge in [-0.2, -0.15) is 0 Å². The summed E-state index contributed by atoms with van der Waals surface area (Å²) in [5.74, 6) is 1.66. The zero-order valence-corrected chi connectivity index (χ0v) is 12.9. The first-order valence-electron chi connectivity index (χ1n) is 8.15. The normalized spacial score (nSPS) is 15.1. The van der Waals surface area contributed by atoms with Gasteiger partial charge in [0.15, 0.2) is 0 Å². The van der Waals surface area contributed by atoms with E-state index in [1.54, 1.807) is 6.26 Å². The zero-order chi connectivity index (χ0) is 15.2. The predicted molar refractivity (Wildman–Crippen MR) is 86.0 cm³/mol. The standard InChI is InChI=1S/C19H23NO2/c21-19(13-16-7-4-5-8-16)20(15-18-11-6-12-22-18)14-17-9-2-1-3-10-17/h1-3,6,9-12,16H,4-5,7-8,13-15H2. The molecule has 1 aliphatic rings. The average molecular weight is 297 g/mol. The molecule has 1 heterocycles. The van der Waals surface area contributed by atoms with Crippen LogP contribution in [0.3, 0.4) is 0 Å². The maximum Gasteiger partial charge on any atom is 0.223 e. The molecular formula is C19H23NO2. The van der Waals surface area contributed by atoms with Crippen molar-refractivity contribution in [2.24, 2.45) is 5.92 Å². The number of furan rings is 1. The molecule has 0 bridgehead atoms. The fourth-order valence-electron chi connectivity index (χ4n) is 3.22. The van der Waals surface area contributed by atoms with Crippen molar-refractivity contribution in [3.05, 3.63) is 60.1 Å². The lowest BCUT2D eigenvalue weighted by molar-refractivity contribution is -0.133. The first-order chi connectivity index (χ1) is 10.8. The van der Waals surface area contributed by atoms with Crippen molar-refractivity contribution in [3.8, 4) is 0 Å². The van der Waals surface area contributed by atoms with Crippen LogP contribution in [0.15, 0.2) is 53.1 Å². The summed E-state index contributed by atoms with van der Waals surface area (Å²) in [5, 5.41) is 0. The maximum atomic E-state index is 12.7. The molecule has 0 radical (unpaired) electrons. The van der Waals surface area contributed by atoms with Crippen LogP contribution in [0.4, 0.5) is 0 Å². The lowest BCUT2D eigenvalue weighted by atomic mass is 10.0. The summed E-state index contributed by atoms with van der Waals surface area (Å²) in [6.45, 7) is 1.19. The number of hydrogen-bond acceptors (Lipinski definition) is 2. The van der Waals surface area contributed by atoms with E-state index in [0.717, 1.165) is 11.3 Å². The van der Waals surface area contributed by atoms with Gasteiger partial charge in [0.25, 0.3) is 0 Å².